The Morgan fingerprint density at radius 2 is 2.08 bits per heavy atom. The fraction of sp³-hybridized carbons (Fsp3) is 0.278. The SMILES string of the molecule is Cc1cccc(Cn2cc(NC(=O)CCn3cc(I)c(C)n3)cn2)c1. The molecule has 0 atom stereocenters. The molecule has 0 bridgehead atoms. The molecule has 0 fully saturated rings. The van der Waals surface area contributed by atoms with Crippen molar-refractivity contribution in [1.29, 1.82) is 0 Å². The van der Waals surface area contributed by atoms with Crippen LogP contribution in [0.1, 0.15) is 23.2 Å². The van der Waals surface area contributed by atoms with Gasteiger partial charge >= 0.3 is 0 Å². The summed E-state index contributed by atoms with van der Waals surface area (Å²) in [6.07, 6.45) is 5.85. The van der Waals surface area contributed by atoms with Crippen molar-refractivity contribution in [3.8, 4) is 0 Å². The van der Waals surface area contributed by atoms with Crippen molar-refractivity contribution in [2.75, 3.05) is 5.32 Å². The van der Waals surface area contributed by atoms with Crippen LogP contribution in [0, 0.1) is 17.4 Å². The van der Waals surface area contributed by atoms with Crippen molar-refractivity contribution in [3.63, 3.8) is 0 Å². The van der Waals surface area contributed by atoms with Crippen molar-refractivity contribution < 1.29 is 4.79 Å². The summed E-state index contributed by atoms with van der Waals surface area (Å²) in [5.74, 6) is -0.0433. The number of nitrogens with one attached hydrogen (secondary N) is 1. The maximum Gasteiger partial charge on any atom is 0.226 e. The van der Waals surface area contributed by atoms with Gasteiger partial charge in [0.15, 0.2) is 0 Å². The number of rotatable bonds is 6. The zero-order chi connectivity index (χ0) is 17.8. The fourth-order valence-corrected chi connectivity index (χ4v) is 2.99. The average molecular weight is 449 g/mol. The van der Waals surface area contributed by atoms with Crippen LogP contribution < -0.4 is 5.32 Å². The van der Waals surface area contributed by atoms with Gasteiger partial charge in [0, 0.05) is 25.4 Å². The van der Waals surface area contributed by atoms with E-state index in [0.717, 1.165) is 9.26 Å². The average Bonchev–Trinajstić information content (AvgIpc) is 3.12. The highest BCUT2D eigenvalue weighted by Crippen LogP contribution is 2.11. The van der Waals surface area contributed by atoms with Gasteiger partial charge in [-0.25, -0.2) is 0 Å². The van der Waals surface area contributed by atoms with Crippen LogP contribution in [-0.2, 0) is 17.9 Å². The molecule has 0 saturated carbocycles. The molecule has 130 valence electrons. The first-order valence-electron chi connectivity index (χ1n) is 8.07. The Balaban J connectivity index is 1.53. The van der Waals surface area contributed by atoms with Gasteiger partial charge in [0.25, 0.3) is 0 Å². The molecule has 0 aliphatic heterocycles. The summed E-state index contributed by atoms with van der Waals surface area (Å²) < 4.78 is 4.73. The third kappa shape index (κ3) is 4.91. The van der Waals surface area contributed by atoms with Gasteiger partial charge in [-0.3, -0.25) is 14.2 Å². The van der Waals surface area contributed by atoms with E-state index in [4.69, 9.17) is 0 Å². The predicted molar refractivity (Wildman–Crippen MR) is 105 cm³/mol. The molecule has 1 aromatic carbocycles. The normalized spacial score (nSPS) is 10.8. The number of halogens is 1. The van der Waals surface area contributed by atoms with E-state index < -0.39 is 0 Å². The first kappa shape index (κ1) is 17.7. The Bertz CT molecular complexity index is 864. The number of carbonyl (C=O) groups excluding carboxylic acids is 1. The van der Waals surface area contributed by atoms with Gasteiger partial charge in [-0.15, -0.1) is 0 Å². The van der Waals surface area contributed by atoms with Crippen LogP contribution in [0.4, 0.5) is 5.69 Å². The van der Waals surface area contributed by atoms with Gasteiger partial charge in [0.05, 0.1) is 27.7 Å². The summed E-state index contributed by atoms with van der Waals surface area (Å²) in [5.41, 5.74) is 4.11. The lowest BCUT2D eigenvalue weighted by Crippen LogP contribution is -2.14. The van der Waals surface area contributed by atoms with E-state index in [1.807, 2.05) is 30.1 Å². The Morgan fingerprint density at radius 3 is 2.80 bits per heavy atom. The maximum atomic E-state index is 12.1. The molecule has 1 amide bonds. The van der Waals surface area contributed by atoms with Gasteiger partial charge in [-0.05, 0) is 42.0 Å². The van der Waals surface area contributed by atoms with E-state index in [2.05, 4.69) is 63.2 Å². The van der Waals surface area contributed by atoms with E-state index in [1.165, 1.54) is 11.1 Å². The Kier molecular flexibility index (Phi) is 5.52. The first-order chi connectivity index (χ1) is 12.0. The van der Waals surface area contributed by atoms with E-state index in [9.17, 15) is 4.79 Å². The second kappa shape index (κ2) is 7.81. The fourth-order valence-electron chi connectivity index (χ4n) is 2.56. The molecule has 2 heterocycles. The third-order valence-corrected chi connectivity index (χ3v) is 4.86. The molecule has 7 heteroatoms. The van der Waals surface area contributed by atoms with Crippen LogP contribution in [0.25, 0.3) is 0 Å². The molecule has 3 rings (SSSR count). The number of hydrogen-bond donors (Lipinski definition) is 1. The van der Waals surface area contributed by atoms with E-state index in [1.54, 1.807) is 10.9 Å². The summed E-state index contributed by atoms with van der Waals surface area (Å²) in [6, 6.07) is 8.31. The zero-order valence-corrected chi connectivity index (χ0v) is 16.4. The largest absolute Gasteiger partial charge is 0.323 e. The van der Waals surface area contributed by atoms with Crippen molar-refractivity contribution in [2.45, 2.75) is 33.4 Å². The standard InChI is InChI=1S/C18H20IN5O/c1-13-4-3-5-15(8-13)10-24-11-16(9-20-24)21-18(25)6-7-23-12-17(19)14(2)22-23/h3-5,8-9,11-12H,6-7,10H2,1-2H3,(H,21,25). The lowest BCUT2D eigenvalue weighted by atomic mass is 10.1. The molecular weight excluding hydrogens is 429 g/mol. The third-order valence-electron chi connectivity index (χ3n) is 3.80. The van der Waals surface area contributed by atoms with E-state index >= 15 is 0 Å². The topological polar surface area (TPSA) is 64.7 Å². The molecule has 2 aromatic heterocycles. The van der Waals surface area contributed by atoms with Crippen LogP contribution in [0.15, 0.2) is 42.9 Å². The summed E-state index contributed by atoms with van der Waals surface area (Å²) in [7, 11) is 0. The summed E-state index contributed by atoms with van der Waals surface area (Å²) in [5, 5.41) is 11.6. The summed E-state index contributed by atoms with van der Waals surface area (Å²) in [4.78, 5) is 12.1. The Morgan fingerprint density at radius 1 is 1.24 bits per heavy atom. The van der Waals surface area contributed by atoms with Crippen LogP contribution >= 0.6 is 22.6 Å². The monoisotopic (exact) mass is 449 g/mol. The van der Waals surface area contributed by atoms with E-state index in [0.29, 0.717) is 25.2 Å². The molecule has 0 spiro atoms. The number of anilines is 1. The number of benzene rings is 1. The molecular formula is C18H20IN5O. The number of hydrogen-bond acceptors (Lipinski definition) is 3. The van der Waals surface area contributed by atoms with Crippen molar-refractivity contribution in [3.05, 3.63) is 63.2 Å². The lowest BCUT2D eigenvalue weighted by molar-refractivity contribution is -0.116. The molecule has 0 saturated heterocycles. The highest BCUT2D eigenvalue weighted by atomic mass is 127. The summed E-state index contributed by atoms with van der Waals surface area (Å²) >= 11 is 2.24. The van der Waals surface area contributed by atoms with Crippen molar-refractivity contribution in [1.82, 2.24) is 19.6 Å². The smallest absolute Gasteiger partial charge is 0.226 e. The molecule has 3 aromatic rings. The Hall–Kier alpha value is -2.16. The van der Waals surface area contributed by atoms with Crippen LogP contribution in [0.5, 0.6) is 0 Å². The van der Waals surface area contributed by atoms with Gasteiger partial charge in [0.1, 0.15) is 0 Å². The van der Waals surface area contributed by atoms with Crippen LogP contribution in [0.3, 0.4) is 0 Å². The molecule has 0 unspecified atom stereocenters. The van der Waals surface area contributed by atoms with Gasteiger partial charge in [0.2, 0.25) is 5.91 Å². The second-order valence-corrected chi connectivity index (χ2v) is 7.20. The number of nitrogens with zero attached hydrogens (tertiary/aromatic N) is 4. The van der Waals surface area contributed by atoms with Gasteiger partial charge < -0.3 is 5.32 Å². The van der Waals surface area contributed by atoms with Crippen LogP contribution in [0.2, 0.25) is 0 Å². The van der Waals surface area contributed by atoms with Crippen molar-refractivity contribution in [2.24, 2.45) is 0 Å². The zero-order valence-electron chi connectivity index (χ0n) is 14.2. The summed E-state index contributed by atoms with van der Waals surface area (Å²) in [6.45, 7) is 5.27. The minimum absolute atomic E-state index is 0.0433. The highest BCUT2D eigenvalue weighted by Gasteiger charge is 2.07. The van der Waals surface area contributed by atoms with Gasteiger partial charge in [-0.2, -0.15) is 10.2 Å². The molecule has 0 aliphatic rings. The molecule has 25 heavy (non-hydrogen) atoms. The van der Waals surface area contributed by atoms with Crippen molar-refractivity contribution >= 4 is 34.2 Å². The molecule has 0 aliphatic carbocycles. The quantitative estimate of drug-likeness (QED) is 0.587. The first-order valence-corrected chi connectivity index (χ1v) is 9.15. The highest BCUT2D eigenvalue weighted by molar-refractivity contribution is 14.1. The maximum absolute atomic E-state index is 12.1. The molecule has 1 N–H and O–H groups in total. The number of aryl methyl sites for hydroxylation is 3. The minimum Gasteiger partial charge on any atom is -0.323 e. The molecule has 6 nitrogen and oxygen atoms in total. The van der Waals surface area contributed by atoms with E-state index in [-0.39, 0.29) is 5.91 Å². The molecule has 0 radical (unpaired) electrons. The number of aromatic nitrogens is 4. The number of carbonyl (C=O) groups is 1. The minimum atomic E-state index is -0.0433. The van der Waals surface area contributed by atoms with Gasteiger partial charge in [-0.1, -0.05) is 29.8 Å². The predicted octanol–water partition coefficient (Wildman–Crippen LogP) is 3.38. The van der Waals surface area contributed by atoms with Crippen LogP contribution in [-0.4, -0.2) is 25.5 Å². The lowest BCUT2D eigenvalue weighted by Gasteiger charge is -2.04. The number of amides is 1. The Labute approximate surface area is 160 Å². The second-order valence-electron chi connectivity index (χ2n) is 6.04.